The third-order valence-corrected chi connectivity index (χ3v) is 3.84. The van der Waals surface area contributed by atoms with Crippen molar-refractivity contribution in [3.05, 3.63) is 36.0 Å². The van der Waals surface area contributed by atoms with Crippen molar-refractivity contribution >= 4 is 16.7 Å². The first-order valence-corrected chi connectivity index (χ1v) is 6.78. The summed E-state index contributed by atoms with van der Waals surface area (Å²) < 4.78 is 2.06. The van der Waals surface area contributed by atoms with E-state index in [1.165, 1.54) is 0 Å². The highest BCUT2D eigenvalue weighted by Gasteiger charge is 2.22. The van der Waals surface area contributed by atoms with Crippen LogP contribution in [-0.4, -0.2) is 21.6 Å². The first-order chi connectivity index (χ1) is 9.04. The summed E-state index contributed by atoms with van der Waals surface area (Å²) in [7, 11) is 2.00. The van der Waals surface area contributed by atoms with Gasteiger partial charge < -0.3 is 9.67 Å². The molecule has 102 valence electrons. The number of carbonyl (C=O) groups is 1. The summed E-state index contributed by atoms with van der Waals surface area (Å²) >= 11 is 0. The van der Waals surface area contributed by atoms with Crippen LogP contribution < -0.4 is 0 Å². The van der Waals surface area contributed by atoms with Crippen molar-refractivity contribution in [2.75, 3.05) is 0 Å². The number of para-hydroxylation sites is 1. The van der Waals surface area contributed by atoms with E-state index in [2.05, 4.69) is 16.7 Å². The molecule has 3 heteroatoms. The van der Waals surface area contributed by atoms with Gasteiger partial charge >= 0.3 is 0 Å². The second-order valence-corrected chi connectivity index (χ2v) is 5.16. The molecular formula is C16H21NO2. The zero-order valence-corrected chi connectivity index (χ0v) is 11.8. The number of ketones is 1. The number of benzene rings is 1. The maximum absolute atomic E-state index is 11.6. The molecule has 0 aliphatic carbocycles. The summed E-state index contributed by atoms with van der Waals surface area (Å²) in [5.41, 5.74) is 2.25. The lowest BCUT2D eigenvalue weighted by atomic mass is 9.93. The van der Waals surface area contributed by atoms with Gasteiger partial charge in [0.15, 0.2) is 0 Å². The van der Waals surface area contributed by atoms with Crippen LogP contribution >= 0.6 is 0 Å². The van der Waals surface area contributed by atoms with Gasteiger partial charge in [0, 0.05) is 42.9 Å². The molecular weight excluding hydrogens is 238 g/mol. The minimum Gasteiger partial charge on any atom is -0.392 e. The van der Waals surface area contributed by atoms with Crippen LogP contribution in [0.25, 0.3) is 10.9 Å². The molecule has 2 rings (SSSR count). The van der Waals surface area contributed by atoms with E-state index in [0.29, 0.717) is 12.8 Å². The summed E-state index contributed by atoms with van der Waals surface area (Å²) in [5.74, 6) is -0.184. The zero-order valence-electron chi connectivity index (χ0n) is 11.8. The maximum Gasteiger partial charge on any atom is 0.138 e. The number of hydrogen-bond acceptors (Lipinski definition) is 2. The number of hydrogen-bond donors (Lipinski definition) is 1. The van der Waals surface area contributed by atoms with Crippen molar-refractivity contribution in [1.82, 2.24) is 4.57 Å². The van der Waals surface area contributed by atoms with Crippen LogP contribution in [0.15, 0.2) is 30.5 Å². The molecule has 0 amide bonds. The number of fused-ring (bicyclic) bond motifs is 1. The molecule has 3 nitrogen and oxygen atoms in total. The molecule has 19 heavy (non-hydrogen) atoms. The molecule has 0 unspecified atom stereocenters. The summed E-state index contributed by atoms with van der Waals surface area (Å²) in [6.07, 6.45) is 2.43. The molecule has 0 fully saturated rings. The van der Waals surface area contributed by atoms with Gasteiger partial charge in [0.25, 0.3) is 0 Å². The Morgan fingerprint density at radius 2 is 2.05 bits per heavy atom. The van der Waals surface area contributed by atoms with Gasteiger partial charge in [-0.1, -0.05) is 32.0 Å². The Balaban J connectivity index is 2.24. The number of Topliss-reactive ketones (excluding diaryl/α,β-unsaturated/α-hetero) is 1. The quantitative estimate of drug-likeness (QED) is 0.897. The topological polar surface area (TPSA) is 42.2 Å². The Hall–Kier alpha value is -1.61. The zero-order chi connectivity index (χ0) is 14.0. The van der Waals surface area contributed by atoms with E-state index >= 15 is 0 Å². The van der Waals surface area contributed by atoms with Crippen LogP contribution in [0.1, 0.15) is 25.8 Å². The van der Waals surface area contributed by atoms with E-state index in [-0.39, 0.29) is 11.7 Å². The van der Waals surface area contributed by atoms with Crippen LogP contribution in [0.5, 0.6) is 0 Å². The van der Waals surface area contributed by atoms with Gasteiger partial charge in [-0.05, 0) is 11.6 Å². The minimum atomic E-state index is -0.613. The summed E-state index contributed by atoms with van der Waals surface area (Å²) in [6.45, 7) is 3.64. The van der Waals surface area contributed by atoms with E-state index in [9.17, 15) is 9.90 Å². The van der Waals surface area contributed by atoms with E-state index in [0.717, 1.165) is 16.5 Å². The Labute approximate surface area is 113 Å². The number of aliphatic hydroxyl groups is 1. The van der Waals surface area contributed by atoms with E-state index < -0.39 is 6.10 Å². The van der Waals surface area contributed by atoms with Gasteiger partial charge in [0.2, 0.25) is 0 Å². The van der Waals surface area contributed by atoms with Gasteiger partial charge in [-0.2, -0.15) is 0 Å². The molecule has 1 aromatic heterocycles. The predicted octanol–water partition coefficient (Wildman–Crippen LogP) is 2.70. The largest absolute Gasteiger partial charge is 0.392 e. The van der Waals surface area contributed by atoms with Gasteiger partial charge in [-0.15, -0.1) is 0 Å². The third kappa shape index (κ3) is 2.71. The molecule has 1 aromatic carbocycles. The normalized spacial score (nSPS) is 14.5. The second-order valence-electron chi connectivity index (χ2n) is 5.16. The lowest BCUT2D eigenvalue weighted by molar-refractivity contribution is -0.125. The van der Waals surface area contributed by atoms with Crippen LogP contribution in [0.4, 0.5) is 0 Å². The Bertz CT molecular complexity index is 585. The van der Waals surface area contributed by atoms with Gasteiger partial charge in [-0.3, -0.25) is 4.79 Å². The molecule has 0 aliphatic rings. The van der Waals surface area contributed by atoms with Crippen molar-refractivity contribution in [3.8, 4) is 0 Å². The Morgan fingerprint density at radius 1 is 1.37 bits per heavy atom. The smallest absolute Gasteiger partial charge is 0.138 e. The highest BCUT2D eigenvalue weighted by molar-refractivity contribution is 5.84. The number of carbonyl (C=O) groups excluding carboxylic acids is 1. The number of aliphatic hydroxyl groups excluding tert-OH is 1. The fourth-order valence-corrected chi connectivity index (χ4v) is 2.53. The van der Waals surface area contributed by atoms with E-state index in [1.807, 2.05) is 39.2 Å². The summed E-state index contributed by atoms with van der Waals surface area (Å²) in [5, 5.41) is 11.4. The van der Waals surface area contributed by atoms with Crippen molar-refractivity contribution in [3.63, 3.8) is 0 Å². The number of aryl methyl sites for hydroxylation is 1. The summed E-state index contributed by atoms with van der Waals surface area (Å²) in [4.78, 5) is 11.6. The predicted molar refractivity (Wildman–Crippen MR) is 77.1 cm³/mol. The fourth-order valence-electron chi connectivity index (χ4n) is 2.53. The van der Waals surface area contributed by atoms with Gasteiger partial charge in [0.05, 0.1) is 6.10 Å². The molecule has 2 atom stereocenters. The Kier molecular flexibility index (Phi) is 4.05. The first kappa shape index (κ1) is 13.8. The minimum absolute atomic E-state index is 0.118. The molecule has 0 radical (unpaired) electrons. The van der Waals surface area contributed by atoms with E-state index in [4.69, 9.17) is 0 Å². The summed E-state index contributed by atoms with van der Waals surface area (Å²) in [6, 6.07) is 8.13. The van der Waals surface area contributed by atoms with Gasteiger partial charge in [-0.25, -0.2) is 0 Å². The molecule has 0 aliphatic heterocycles. The van der Waals surface area contributed by atoms with Crippen molar-refractivity contribution in [2.45, 2.75) is 32.8 Å². The van der Waals surface area contributed by atoms with Crippen LogP contribution in [-0.2, 0) is 18.3 Å². The number of nitrogens with zero attached hydrogens (tertiary/aromatic N) is 1. The van der Waals surface area contributed by atoms with Crippen molar-refractivity contribution in [2.24, 2.45) is 13.0 Å². The second kappa shape index (κ2) is 5.57. The lowest BCUT2D eigenvalue weighted by Crippen LogP contribution is -2.27. The first-order valence-electron chi connectivity index (χ1n) is 6.78. The van der Waals surface area contributed by atoms with Crippen LogP contribution in [0.3, 0.4) is 0 Å². The number of rotatable bonds is 5. The molecule has 0 spiro atoms. The third-order valence-electron chi connectivity index (χ3n) is 3.84. The average molecular weight is 259 g/mol. The van der Waals surface area contributed by atoms with Gasteiger partial charge in [0.1, 0.15) is 5.78 Å². The van der Waals surface area contributed by atoms with Crippen molar-refractivity contribution < 1.29 is 9.90 Å². The van der Waals surface area contributed by atoms with Crippen molar-refractivity contribution in [1.29, 1.82) is 0 Å². The van der Waals surface area contributed by atoms with E-state index in [1.54, 1.807) is 0 Å². The molecule has 1 heterocycles. The lowest BCUT2D eigenvalue weighted by Gasteiger charge is -2.16. The fraction of sp³-hybridized carbons (Fsp3) is 0.438. The highest BCUT2D eigenvalue weighted by atomic mass is 16.3. The van der Waals surface area contributed by atoms with Crippen LogP contribution in [0.2, 0.25) is 0 Å². The molecule has 1 N–H and O–H groups in total. The van der Waals surface area contributed by atoms with Crippen LogP contribution in [0, 0.1) is 5.92 Å². The Morgan fingerprint density at radius 3 is 2.74 bits per heavy atom. The standard InChI is InChI=1S/C16H21NO2/c1-4-15(18)11(2)16(19)9-12-10-17(3)14-8-6-5-7-13(12)14/h5-8,10-11,16,19H,4,9H2,1-3H3/t11-,16-/m0/s1. The molecule has 2 aromatic rings. The average Bonchev–Trinajstić information content (AvgIpc) is 2.74. The molecule has 0 saturated heterocycles. The monoisotopic (exact) mass is 259 g/mol. The molecule has 0 saturated carbocycles. The SMILES string of the molecule is CCC(=O)[C@H](C)[C@@H](O)Cc1cn(C)c2ccccc12. The molecule has 0 bridgehead atoms. The maximum atomic E-state index is 11.6. The number of aromatic nitrogens is 1. The highest BCUT2D eigenvalue weighted by Crippen LogP contribution is 2.23.